The van der Waals surface area contributed by atoms with Gasteiger partial charge >= 0.3 is 0 Å². The molecule has 0 radical (unpaired) electrons. The van der Waals surface area contributed by atoms with Crippen LogP contribution in [0, 0.1) is 0 Å². The second-order valence-electron chi connectivity index (χ2n) is 6.47. The van der Waals surface area contributed by atoms with Gasteiger partial charge in [-0.05, 0) is 42.0 Å². The Labute approximate surface area is 163 Å². The van der Waals surface area contributed by atoms with Crippen LogP contribution in [0.3, 0.4) is 0 Å². The van der Waals surface area contributed by atoms with Crippen LogP contribution in [0.25, 0.3) is 0 Å². The lowest BCUT2D eigenvalue weighted by Gasteiger charge is -2.14. The van der Waals surface area contributed by atoms with Crippen LogP contribution in [-0.2, 0) is 6.54 Å². The first-order valence-electron chi connectivity index (χ1n) is 8.75. The van der Waals surface area contributed by atoms with Crippen LogP contribution < -0.4 is 10.1 Å². The number of nitrogens with zero attached hydrogens (tertiary/aromatic N) is 3. The monoisotopic (exact) mass is 378 g/mol. The minimum absolute atomic E-state index is 0.152. The molecule has 0 atom stereocenters. The number of anilines is 1. The van der Waals surface area contributed by atoms with E-state index in [-0.39, 0.29) is 11.8 Å². The molecule has 0 bridgehead atoms. The Bertz CT molecular complexity index is 964. The highest BCUT2D eigenvalue weighted by Gasteiger charge is 2.14. The van der Waals surface area contributed by atoms with Crippen molar-refractivity contribution in [1.82, 2.24) is 14.7 Å². The van der Waals surface area contributed by atoms with Gasteiger partial charge in [0.05, 0.1) is 19.3 Å². The Kier molecular flexibility index (Phi) is 5.74. The van der Waals surface area contributed by atoms with E-state index in [9.17, 15) is 9.59 Å². The number of hydrogen-bond donors (Lipinski definition) is 1. The van der Waals surface area contributed by atoms with Gasteiger partial charge in [-0.3, -0.25) is 14.3 Å². The fraction of sp³-hybridized carbons (Fsp3) is 0.190. The Hall–Kier alpha value is -3.61. The number of benzene rings is 2. The van der Waals surface area contributed by atoms with Gasteiger partial charge in [0.15, 0.2) is 0 Å². The molecule has 3 rings (SSSR count). The lowest BCUT2D eigenvalue weighted by molar-refractivity contribution is 0.0827. The van der Waals surface area contributed by atoms with Crippen molar-refractivity contribution in [3.05, 3.63) is 77.6 Å². The molecule has 3 aromatic rings. The summed E-state index contributed by atoms with van der Waals surface area (Å²) in [5, 5.41) is 7.00. The van der Waals surface area contributed by atoms with E-state index in [2.05, 4.69) is 10.4 Å². The van der Waals surface area contributed by atoms with E-state index in [0.29, 0.717) is 29.1 Å². The van der Waals surface area contributed by atoms with Crippen LogP contribution in [0.15, 0.2) is 60.9 Å². The van der Waals surface area contributed by atoms with Crippen molar-refractivity contribution in [2.75, 3.05) is 26.5 Å². The maximum Gasteiger partial charge on any atom is 0.255 e. The molecule has 0 fully saturated rings. The summed E-state index contributed by atoms with van der Waals surface area (Å²) < 4.78 is 7.12. The average Bonchev–Trinajstić information content (AvgIpc) is 3.20. The van der Waals surface area contributed by atoms with Crippen molar-refractivity contribution in [3.63, 3.8) is 0 Å². The first-order chi connectivity index (χ1) is 13.5. The molecule has 0 saturated carbocycles. The van der Waals surface area contributed by atoms with Gasteiger partial charge in [-0.2, -0.15) is 5.10 Å². The molecule has 28 heavy (non-hydrogen) atoms. The number of aromatic nitrogens is 2. The molecule has 0 spiro atoms. The minimum Gasteiger partial charge on any atom is -0.495 e. The largest absolute Gasteiger partial charge is 0.495 e. The van der Waals surface area contributed by atoms with Crippen molar-refractivity contribution in [1.29, 1.82) is 0 Å². The molecule has 1 aromatic heterocycles. The van der Waals surface area contributed by atoms with Crippen LogP contribution >= 0.6 is 0 Å². The molecule has 7 nitrogen and oxygen atoms in total. The molecule has 0 saturated heterocycles. The third kappa shape index (κ3) is 4.37. The molecule has 2 aromatic carbocycles. The molecular formula is C21H22N4O3. The Morgan fingerprint density at radius 2 is 1.82 bits per heavy atom. The van der Waals surface area contributed by atoms with Crippen molar-refractivity contribution < 1.29 is 14.3 Å². The van der Waals surface area contributed by atoms with Gasteiger partial charge in [-0.15, -0.1) is 0 Å². The molecule has 144 valence electrons. The summed E-state index contributed by atoms with van der Waals surface area (Å²) in [6.45, 7) is 0.636. The van der Waals surface area contributed by atoms with E-state index in [1.54, 1.807) is 50.6 Å². The van der Waals surface area contributed by atoms with Gasteiger partial charge < -0.3 is 15.0 Å². The summed E-state index contributed by atoms with van der Waals surface area (Å²) in [5.41, 5.74) is 2.46. The first kappa shape index (κ1) is 19.2. The third-order valence-corrected chi connectivity index (χ3v) is 4.22. The second-order valence-corrected chi connectivity index (χ2v) is 6.47. The predicted molar refractivity (Wildman–Crippen MR) is 107 cm³/mol. The van der Waals surface area contributed by atoms with E-state index >= 15 is 0 Å². The van der Waals surface area contributed by atoms with Gasteiger partial charge in [0, 0.05) is 37.6 Å². The molecule has 0 aliphatic carbocycles. The third-order valence-electron chi connectivity index (χ3n) is 4.22. The van der Waals surface area contributed by atoms with E-state index < -0.39 is 0 Å². The SMILES string of the molecule is COc1ccc(C(=O)N(C)C)cc1NC(=O)c1ccc(Cn2cccn2)cc1. The number of hydrogen-bond acceptors (Lipinski definition) is 4. The Morgan fingerprint density at radius 1 is 1.11 bits per heavy atom. The predicted octanol–water partition coefficient (Wildman–Crippen LogP) is 2.89. The molecule has 1 heterocycles. The highest BCUT2D eigenvalue weighted by Crippen LogP contribution is 2.26. The first-order valence-corrected chi connectivity index (χ1v) is 8.75. The maximum atomic E-state index is 12.6. The van der Waals surface area contributed by atoms with E-state index in [1.165, 1.54) is 12.0 Å². The highest BCUT2D eigenvalue weighted by atomic mass is 16.5. The van der Waals surface area contributed by atoms with Gasteiger partial charge in [-0.1, -0.05) is 12.1 Å². The number of nitrogens with one attached hydrogen (secondary N) is 1. The molecular weight excluding hydrogens is 356 g/mol. The quantitative estimate of drug-likeness (QED) is 0.716. The van der Waals surface area contributed by atoms with E-state index in [4.69, 9.17) is 4.74 Å². The van der Waals surface area contributed by atoms with Crippen LogP contribution in [0.4, 0.5) is 5.69 Å². The van der Waals surface area contributed by atoms with E-state index in [1.807, 2.05) is 29.1 Å². The lowest BCUT2D eigenvalue weighted by atomic mass is 10.1. The fourth-order valence-electron chi connectivity index (χ4n) is 2.73. The van der Waals surface area contributed by atoms with Gasteiger partial charge in [0.2, 0.25) is 0 Å². The van der Waals surface area contributed by atoms with Crippen molar-refractivity contribution in [2.45, 2.75) is 6.54 Å². The normalized spacial score (nSPS) is 10.4. The van der Waals surface area contributed by atoms with E-state index in [0.717, 1.165) is 5.56 Å². The average molecular weight is 378 g/mol. The van der Waals surface area contributed by atoms with Gasteiger partial charge in [0.25, 0.3) is 11.8 Å². The van der Waals surface area contributed by atoms with Crippen molar-refractivity contribution >= 4 is 17.5 Å². The van der Waals surface area contributed by atoms with Crippen molar-refractivity contribution in [2.24, 2.45) is 0 Å². The fourth-order valence-corrected chi connectivity index (χ4v) is 2.73. The van der Waals surface area contributed by atoms with Crippen molar-refractivity contribution in [3.8, 4) is 5.75 Å². The summed E-state index contributed by atoms with van der Waals surface area (Å²) in [5.74, 6) is 0.0541. The number of rotatable bonds is 6. The Morgan fingerprint density at radius 3 is 2.43 bits per heavy atom. The highest BCUT2D eigenvalue weighted by molar-refractivity contribution is 6.06. The smallest absolute Gasteiger partial charge is 0.255 e. The molecule has 2 amide bonds. The van der Waals surface area contributed by atoms with Crippen LogP contribution in [-0.4, -0.2) is 47.7 Å². The number of carbonyl (C=O) groups excluding carboxylic acids is 2. The summed E-state index contributed by atoms with van der Waals surface area (Å²) in [7, 11) is 4.87. The number of ether oxygens (including phenoxy) is 1. The summed E-state index contributed by atoms with van der Waals surface area (Å²) >= 11 is 0. The summed E-state index contributed by atoms with van der Waals surface area (Å²) in [4.78, 5) is 26.3. The number of amides is 2. The van der Waals surface area contributed by atoms with Gasteiger partial charge in [0.1, 0.15) is 5.75 Å². The molecule has 0 aliphatic heterocycles. The topological polar surface area (TPSA) is 76.5 Å². The minimum atomic E-state index is -0.279. The standard InChI is InChI=1S/C21H22N4O3/c1-24(2)21(27)17-9-10-19(28-3)18(13-17)23-20(26)16-7-5-15(6-8-16)14-25-12-4-11-22-25/h4-13H,14H2,1-3H3,(H,23,26). The van der Waals surface area contributed by atoms with Gasteiger partial charge in [-0.25, -0.2) is 0 Å². The number of methoxy groups -OCH3 is 1. The van der Waals surface area contributed by atoms with Crippen LogP contribution in [0.2, 0.25) is 0 Å². The summed E-state index contributed by atoms with van der Waals surface area (Å²) in [6, 6.07) is 14.1. The second kappa shape index (κ2) is 8.39. The van der Waals surface area contributed by atoms with Crippen LogP contribution in [0.1, 0.15) is 26.3 Å². The molecule has 0 aliphatic rings. The Balaban J connectivity index is 1.76. The summed E-state index contributed by atoms with van der Waals surface area (Å²) in [6.07, 6.45) is 3.61. The zero-order valence-electron chi connectivity index (χ0n) is 16.0. The lowest BCUT2D eigenvalue weighted by Crippen LogP contribution is -2.22. The zero-order chi connectivity index (χ0) is 20.1. The molecule has 0 unspecified atom stereocenters. The number of carbonyl (C=O) groups is 2. The zero-order valence-corrected chi connectivity index (χ0v) is 16.0. The molecule has 1 N–H and O–H groups in total. The maximum absolute atomic E-state index is 12.6. The molecule has 7 heteroatoms. The van der Waals surface area contributed by atoms with Crippen LogP contribution in [0.5, 0.6) is 5.75 Å².